The van der Waals surface area contributed by atoms with E-state index in [1.54, 1.807) is 0 Å². The van der Waals surface area contributed by atoms with E-state index in [-0.39, 0.29) is 17.7 Å². The highest BCUT2D eigenvalue weighted by molar-refractivity contribution is 5.89. The van der Waals surface area contributed by atoms with Crippen molar-refractivity contribution in [1.29, 1.82) is 0 Å². The average Bonchev–Trinajstić information content (AvgIpc) is 2.68. The first-order chi connectivity index (χ1) is 13.5. The Bertz CT molecular complexity index is 587. The fraction of sp³-hybridized carbons (Fsp3) is 0.609. The molecule has 0 fully saturated rings. The highest BCUT2D eigenvalue weighted by atomic mass is 16.2. The van der Waals surface area contributed by atoms with Gasteiger partial charge in [0, 0.05) is 6.42 Å². The first kappa shape index (κ1) is 23.9. The van der Waals surface area contributed by atoms with Crippen molar-refractivity contribution < 1.29 is 14.4 Å². The monoisotopic (exact) mass is 388 g/mol. The third kappa shape index (κ3) is 9.67. The summed E-state index contributed by atoms with van der Waals surface area (Å²) in [5.74, 6) is -0.466. The Morgan fingerprint density at radius 2 is 1.61 bits per heavy atom. The lowest BCUT2D eigenvalue weighted by molar-refractivity contribution is -0.131. The van der Waals surface area contributed by atoms with Gasteiger partial charge in [-0.3, -0.25) is 9.59 Å². The van der Waals surface area contributed by atoms with Gasteiger partial charge in [-0.05, 0) is 24.3 Å². The normalized spacial score (nSPS) is 13.0. The van der Waals surface area contributed by atoms with Gasteiger partial charge < -0.3 is 15.4 Å². The lowest BCUT2D eigenvalue weighted by Gasteiger charge is -2.23. The molecule has 0 saturated heterocycles. The number of amides is 2. The second kappa shape index (κ2) is 13.9. The number of carbonyl (C=O) groups excluding carboxylic acids is 3. The molecule has 5 heteroatoms. The van der Waals surface area contributed by atoms with Gasteiger partial charge in [0.25, 0.3) is 0 Å². The highest BCUT2D eigenvalue weighted by Gasteiger charge is 2.26. The molecule has 1 aromatic rings. The summed E-state index contributed by atoms with van der Waals surface area (Å²) in [7, 11) is 0. The van der Waals surface area contributed by atoms with E-state index in [1.165, 1.54) is 19.3 Å². The van der Waals surface area contributed by atoms with Crippen molar-refractivity contribution in [2.75, 3.05) is 0 Å². The summed E-state index contributed by atoms with van der Waals surface area (Å²) in [5.41, 5.74) is 0.980. The summed E-state index contributed by atoms with van der Waals surface area (Å²) < 4.78 is 0. The molecule has 0 bridgehead atoms. The Balaban J connectivity index is 2.48. The minimum Gasteiger partial charge on any atom is -0.344 e. The molecule has 1 unspecified atom stereocenters. The summed E-state index contributed by atoms with van der Waals surface area (Å²) in [5, 5.41) is 5.62. The Morgan fingerprint density at radius 1 is 0.964 bits per heavy atom. The maximum atomic E-state index is 12.6. The van der Waals surface area contributed by atoms with E-state index < -0.39 is 12.1 Å². The van der Waals surface area contributed by atoms with Gasteiger partial charge in [-0.2, -0.15) is 0 Å². The van der Waals surface area contributed by atoms with Crippen LogP contribution in [0.25, 0.3) is 0 Å². The number of benzene rings is 1. The summed E-state index contributed by atoms with van der Waals surface area (Å²) in [4.78, 5) is 36.3. The lowest BCUT2D eigenvalue weighted by Crippen LogP contribution is -2.52. The maximum Gasteiger partial charge on any atom is 0.243 e. The van der Waals surface area contributed by atoms with Crippen LogP contribution in [0.4, 0.5) is 0 Å². The number of carbonyl (C=O) groups is 3. The van der Waals surface area contributed by atoms with Gasteiger partial charge in [-0.25, -0.2) is 0 Å². The van der Waals surface area contributed by atoms with Crippen LogP contribution in [0.1, 0.15) is 71.3 Å². The molecule has 2 atom stereocenters. The summed E-state index contributed by atoms with van der Waals surface area (Å²) in [6.45, 7) is 5.96. The quantitative estimate of drug-likeness (QED) is 0.376. The second-order valence-corrected chi connectivity index (χ2v) is 7.75. The zero-order valence-electron chi connectivity index (χ0n) is 17.6. The van der Waals surface area contributed by atoms with Crippen LogP contribution in [0.5, 0.6) is 0 Å². The molecule has 2 amide bonds. The minimum absolute atomic E-state index is 0.0578. The molecule has 2 N–H and O–H groups in total. The molecule has 156 valence electrons. The average molecular weight is 389 g/mol. The second-order valence-electron chi connectivity index (χ2n) is 7.75. The number of aldehydes is 1. The zero-order valence-corrected chi connectivity index (χ0v) is 17.6. The molecule has 0 aromatic heterocycles. The molecular weight excluding hydrogens is 352 g/mol. The fourth-order valence-electron chi connectivity index (χ4n) is 3.12. The molecule has 0 aliphatic rings. The largest absolute Gasteiger partial charge is 0.344 e. The van der Waals surface area contributed by atoms with Crippen LogP contribution in [-0.4, -0.2) is 30.2 Å². The van der Waals surface area contributed by atoms with Crippen LogP contribution >= 0.6 is 0 Å². The molecule has 1 rings (SSSR count). The van der Waals surface area contributed by atoms with Crippen LogP contribution in [-0.2, 0) is 20.8 Å². The SMILES string of the molecule is CCCCCCCCC(=O)N[C@H](C(=O)NC(C=O)Cc1ccccc1)C(C)C. The van der Waals surface area contributed by atoms with Crippen LogP contribution in [0, 0.1) is 5.92 Å². The van der Waals surface area contributed by atoms with E-state index in [0.717, 1.165) is 31.1 Å². The van der Waals surface area contributed by atoms with Crippen molar-refractivity contribution in [3.05, 3.63) is 35.9 Å². The van der Waals surface area contributed by atoms with E-state index in [9.17, 15) is 14.4 Å². The summed E-state index contributed by atoms with van der Waals surface area (Å²) in [6, 6.07) is 8.32. The van der Waals surface area contributed by atoms with E-state index in [1.807, 2.05) is 44.2 Å². The highest BCUT2D eigenvalue weighted by Crippen LogP contribution is 2.09. The van der Waals surface area contributed by atoms with Gasteiger partial charge in [0.1, 0.15) is 12.3 Å². The zero-order chi connectivity index (χ0) is 20.8. The van der Waals surface area contributed by atoms with Crippen molar-refractivity contribution in [2.24, 2.45) is 5.92 Å². The van der Waals surface area contributed by atoms with Gasteiger partial charge in [-0.15, -0.1) is 0 Å². The van der Waals surface area contributed by atoms with Gasteiger partial charge in [0.2, 0.25) is 11.8 Å². The molecular formula is C23H36N2O3. The van der Waals surface area contributed by atoms with Gasteiger partial charge in [-0.1, -0.05) is 83.2 Å². The summed E-state index contributed by atoms with van der Waals surface area (Å²) >= 11 is 0. The summed E-state index contributed by atoms with van der Waals surface area (Å²) in [6.07, 6.45) is 8.31. The first-order valence-corrected chi connectivity index (χ1v) is 10.6. The molecule has 1 aromatic carbocycles. The Morgan fingerprint density at radius 3 is 2.21 bits per heavy atom. The Hall–Kier alpha value is -2.17. The van der Waals surface area contributed by atoms with Crippen LogP contribution in [0.2, 0.25) is 0 Å². The number of rotatable bonds is 14. The van der Waals surface area contributed by atoms with Crippen molar-refractivity contribution in [2.45, 2.75) is 84.2 Å². The number of unbranched alkanes of at least 4 members (excludes halogenated alkanes) is 5. The van der Waals surface area contributed by atoms with Crippen molar-refractivity contribution in [3.8, 4) is 0 Å². The Labute approximate surface area is 169 Å². The van der Waals surface area contributed by atoms with E-state index >= 15 is 0 Å². The lowest BCUT2D eigenvalue weighted by atomic mass is 10.0. The van der Waals surface area contributed by atoms with Gasteiger partial charge >= 0.3 is 0 Å². The molecule has 0 aliphatic heterocycles. The smallest absolute Gasteiger partial charge is 0.243 e. The van der Waals surface area contributed by atoms with Crippen LogP contribution in [0.15, 0.2) is 30.3 Å². The topological polar surface area (TPSA) is 75.3 Å². The third-order valence-corrected chi connectivity index (χ3v) is 4.81. The molecule has 0 saturated carbocycles. The third-order valence-electron chi connectivity index (χ3n) is 4.81. The molecule has 0 spiro atoms. The van der Waals surface area contributed by atoms with Gasteiger partial charge in [0.15, 0.2) is 0 Å². The number of hydrogen-bond donors (Lipinski definition) is 2. The predicted molar refractivity (Wildman–Crippen MR) is 113 cm³/mol. The molecule has 0 radical (unpaired) electrons. The molecule has 5 nitrogen and oxygen atoms in total. The maximum absolute atomic E-state index is 12.6. The Kier molecular flexibility index (Phi) is 11.9. The molecule has 28 heavy (non-hydrogen) atoms. The van der Waals surface area contributed by atoms with Gasteiger partial charge in [0.05, 0.1) is 6.04 Å². The van der Waals surface area contributed by atoms with Crippen LogP contribution < -0.4 is 10.6 Å². The van der Waals surface area contributed by atoms with Crippen LogP contribution in [0.3, 0.4) is 0 Å². The van der Waals surface area contributed by atoms with Crippen molar-refractivity contribution >= 4 is 18.1 Å². The van der Waals surface area contributed by atoms with E-state index in [2.05, 4.69) is 17.6 Å². The number of nitrogens with one attached hydrogen (secondary N) is 2. The fourth-order valence-corrected chi connectivity index (χ4v) is 3.12. The minimum atomic E-state index is -0.634. The first-order valence-electron chi connectivity index (χ1n) is 10.6. The van der Waals surface area contributed by atoms with E-state index in [0.29, 0.717) is 12.8 Å². The molecule has 0 aliphatic carbocycles. The number of hydrogen-bond acceptors (Lipinski definition) is 3. The van der Waals surface area contributed by atoms with Crippen molar-refractivity contribution in [3.63, 3.8) is 0 Å². The predicted octanol–water partition coefficient (Wildman–Crippen LogP) is 3.80. The van der Waals surface area contributed by atoms with E-state index in [4.69, 9.17) is 0 Å². The molecule has 0 heterocycles. The standard InChI is InChI=1S/C23H36N2O3/c1-4-5-6-7-8-12-15-21(27)25-22(18(2)3)23(28)24-20(17-26)16-19-13-10-9-11-14-19/h9-11,13-14,17-18,20,22H,4-8,12,15-16H2,1-3H3,(H,24,28)(H,25,27)/t20?,22-/m0/s1. The van der Waals surface area contributed by atoms with Crippen molar-refractivity contribution in [1.82, 2.24) is 10.6 Å².